The Labute approximate surface area is 99.6 Å². The molecule has 3 heteroatoms. The van der Waals surface area contributed by atoms with Crippen LogP contribution in [0.4, 0.5) is 0 Å². The van der Waals surface area contributed by atoms with Gasteiger partial charge in [-0.15, -0.1) is 0 Å². The number of piperidine rings is 1. The number of hydrogen-bond acceptors (Lipinski definition) is 2. The Morgan fingerprint density at radius 2 is 2.19 bits per heavy atom. The number of amides is 1. The van der Waals surface area contributed by atoms with Gasteiger partial charge < -0.3 is 10.2 Å². The molecule has 0 aromatic heterocycles. The molecule has 1 fully saturated rings. The number of likely N-dealkylation sites (N-methyl/N-ethyl adjacent to an activating group) is 1. The molecule has 1 saturated heterocycles. The Bertz CT molecular complexity index is 206. The highest BCUT2D eigenvalue weighted by Gasteiger charge is 2.21. The highest BCUT2D eigenvalue weighted by molar-refractivity contribution is 5.76. The summed E-state index contributed by atoms with van der Waals surface area (Å²) in [5.41, 5.74) is 0. The molecule has 1 N–H and O–H groups in total. The fourth-order valence-corrected chi connectivity index (χ4v) is 2.30. The zero-order valence-electron chi connectivity index (χ0n) is 10.8. The van der Waals surface area contributed by atoms with Gasteiger partial charge in [0.15, 0.2) is 0 Å². The van der Waals surface area contributed by atoms with Gasteiger partial charge in [-0.25, -0.2) is 0 Å². The number of unbranched alkanes of at least 4 members (excludes halogenated alkanes) is 3. The molecule has 0 aromatic carbocycles. The van der Waals surface area contributed by atoms with Gasteiger partial charge in [-0.1, -0.05) is 26.2 Å². The summed E-state index contributed by atoms with van der Waals surface area (Å²) in [4.78, 5) is 14.0. The van der Waals surface area contributed by atoms with E-state index in [9.17, 15) is 4.79 Å². The third kappa shape index (κ3) is 4.52. The summed E-state index contributed by atoms with van der Waals surface area (Å²) < 4.78 is 0. The van der Waals surface area contributed by atoms with Gasteiger partial charge in [0, 0.05) is 25.6 Å². The second kappa shape index (κ2) is 7.66. The fourth-order valence-electron chi connectivity index (χ4n) is 2.30. The first-order valence-corrected chi connectivity index (χ1v) is 6.73. The van der Waals surface area contributed by atoms with Crippen molar-refractivity contribution < 1.29 is 4.79 Å². The second-order valence-corrected chi connectivity index (χ2v) is 4.78. The number of carbonyl (C=O) groups is 1. The molecule has 3 nitrogen and oxygen atoms in total. The smallest absolute Gasteiger partial charge is 0.222 e. The van der Waals surface area contributed by atoms with Gasteiger partial charge in [0.25, 0.3) is 0 Å². The maximum atomic E-state index is 11.9. The van der Waals surface area contributed by atoms with Gasteiger partial charge in [0.1, 0.15) is 0 Å². The highest BCUT2D eigenvalue weighted by Crippen LogP contribution is 2.12. The number of nitrogens with zero attached hydrogens (tertiary/aromatic N) is 1. The van der Waals surface area contributed by atoms with E-state index in [1.54, 1.807) is 0 Å². The van der Waals surface area contributed by atoms with Crippen molar-refractivity contribution in [1.29, 1.82) is 0 Å². The lowest BCUT2D eigenvalue weighted by Gasteiger charge is -2.32. The summed E-state index contributed by atoms with van der Waals surface area (Å²) in [6.45, 7) is 4.07. The van der Waals surface area contributed by atoms with Crippen molar-refractivity contribution in [2.45, 2.75) is 57.9 Å². The standard InChI is InChI=1S/C13H26N2O/c1-3-4-5-6-9-13(16)15-10-7-8-12(11-15)14-2/h12,14H,3-11H2,1-2H3. The van der Waals surface area contributed by atoms with Crippen LogP contribution in [-0.4, -0.2) is 37.0 Å². The minimum Gasteiger partial charge on any atom is -0.341 e. The van der Waals surface area contributed by atoms with Gasteiger partial charge in [-0.3, -0.25) is 4.79 Å². The average molecular weight is 226 g/mol. The predicted molar refractivity (Wildman–Crippen MR) is 67.4 cm³/mol. The van der Waals surface area contributed by atoms with E-state index in [1.807, 2.05) is 11.9 Å². The SMILES string of the molecule is CCCCCCC(=O)N1CCCC(NC)C1. The number of likely N-dealkylation sites (tertiary alicyclic amines) is 1. The topological polar surface area (TPSA) is 32.3 Å². The van der Waals surface area contributed by atoms with Crippen molar-refractivity contribution in [3.8, 4) is 0 Å². The largest absolute Gasteiger partial charge is 0.341 e. The Morgan fingerprint density at radius 1 is 1.38 bits per heavy atom. The molecule has 1 aliphatic heterocycles. The molecule has 1 heterocycles. The van der Waals surface area contributed by atoms with E-state index in [0.29, 0.717) is 11.9 Å². The number of nitrogens with one attached hydrogen (secondary N) is 1. The molecule has 0 spiro atoms. The average Bonchev–Trinajstić information content (AvgIpc) is 2.34. The van der Waals surface area contributed by atoms with Gasteiger partial charge in [-0.2, -0.15) is 0 Å². The normalized spacial score (nSPS) is 21.1. The number of carbonyl (C=O) groups excluding carboxylic acids is 1. The van der Waals surface area contributed by atoms with Crippen LogP contribution in [-0.2, 0) is 4.79 Å². The molecule has 0 aliphatic carbocycles. The van der Waals surface area contributed by atoms with Crippen LogP contribution in [0.3, 0.4) is 0 Å². The first kappa shape index (κ1) is 13.5. The Morgan fingerprint density at radius 3 is 2.88 bits per heavy atom. The maximum Gasteiger partial charge on any atom is 0.222 e. The molecule has 1 rings (SSSR count). The van der Waals surface area contributed by atoms with E-state index >= 15 is 0 Å². The van der Waals surface area contributed by atoms with Crippen molar-refractivity contribution in [2.75, 3.05) is 20.1 Å². The lowest BCUT2D eigenvalue weighted by Crippen LogP contribution is -2.46. The molecule has 16 heavy (non-hydrogen) atoms. The Kier molecular flexibility index (Phi) is 6.46. The Balaban J connectivity index is 2.19. The van der Waals surface area contributed by atoms with Crippen LogP contribution in [0.25, 0.3) is 0 Å². The quantitative estimate of drug-likeness (QED) is 0.704. The highest BCUT2D eigenvalue weighted by atomic mass is 16.2. The molecule has 0 saturated carbocycles. The molecular formula is C13H26N2O. The van der Waals surface area contributed by atoms with Crippen LogP contribution in [0.1, 0.15) is 51.9 Å². The van der Waals surface area contributed by atoms with Crippen molar-refractivity contribution in [1.82, 2.24) is 10.2 Å². The lowest BCUT2D eigenvalue weighted by molar-refractivity contribution is -0.132. The van der Waals surface area contributed by atoms with E-state index in [4.69, 9.17) is 0 Å². The first-order valence-electron chi connectivity index (χ1n) is 6.73. The summed E-state index contributed by atoms with van der Waals surface area (Å²) in [5, 5.41) is 3.27. The van der Waals surface area contributed by atoms with Crippen LogP contribution in [0, 0.1) is 0 Å². The zero-order chi connectivity index (χ0) is 11.8. The van der Waals surface area contributed by atoms with E-state index in [-0.39, 0.29) is 0 Å². The monoisotopic (exact) mass is 226 g/mol. The summed E-state index contributed by atoms with van der Waals surface area (Å²) in [5.74, 6) is 0.357. The molecule has 94 valence electrons. The van der Waals surface area contributed by atoms with Crippen molar-refractivity contribution in [3.05, 3.63) is 0 Å². The summed E-state index contributed by atoms with van der Waals surface area (Å²) in [6.07, 6.45) is 7.85. The summed E-state index contributed by atoms with van der Waals surface area (Å²) in [6, 6.07) is 0.508. The second-order valence-electron chi connectivity index (χ2n) is 4.78. The first-order chi connectivity index (χ1) is 7.77. The van der Waals surface area contributed by atoms with Crippen LogP contribution < -0.4 is 5.32 Å². The Hall–Kier alpha value is -0.570. The molecule has 0 bridgehead atoms. The zero-order valence-corrected chi connectivity index (χ0v) is 10.8. The molecule has 1 atom stereocenters. The molecule has 0 aromatic rings. The van der Waals surface area contributed by atoms with E-state index in [1.165, 1.54) is 25.7 Å². The molecule has 1 amide bonds. The summed E-state index contributed by atoms with van der Waals surface area (Å²) in [7, 11) is 1.99. The molecular weight excluding hydrogens is 200 g/mol. The maximum absolute atomic E-state index is 11.9. The number of rotatable bonds is 6. The van der Waals surface area contributed by atoms with Gasteiger partial charge >= 0.3 is 0 Å². The van der Waals surface area contributed by atoms with Crippen LogP contribution >= 0.6 is 0 Å². The number of hydrogen-bond donors (Lipinski definition) is 1. The predicted octanol–water partition coefficient (Wildman–Crippen LogP) is 2.17. The van der Waals surface area contributed by atoms with Crippen LogP contribution in [0.5, 0.6) is 0 Å². The fraction of sp³-hybridized carbons (Fsp3) is 0.923. The van der Waals surface area contributed by atoms with E-state index in [0.717, 1.165) is 32.4 Å². The third-order valence-electron chi connectivity index (χ3n) is 3.43. The minimum absolute atomic E-state index is 0.357. The van der Waals surface area contributed by atoms with Crippen LogP contribution in [0.15, 0.2) is 0 Å². The van der Waals surface area contributed by atoms with E-state index in [2.05, 4.69) is 12.2 Å². The summed E-state index contributed by atoms with van der Waals surface area (Å²) >= 11 is 0. The van der Waals surface area contributed by atoms with E-state index < -0.39 is 0 Å². The minimum atomic E-state index is 0.357. The van der Waals surface area contributed by atoms with Gasteiger partial charge in [-0.05, 0) is 26.3 Å². The van der Waals surface area contributed by atoms with Crippen molar-refractivity contribution in [2.24, 2.45) is 0 Å². The van der Waals surface area contributed by atoms with Gasteiger partial charge in [0.05, 0.1) is 0 Å². The van der Waals surface area contributed by atoms with Crippen molar-refractivity contribution in [3.63, 3.8) is 0 Å². The van der Waals surface area contributed by atoms with Crippen LogP contribution in [0.2, 0.25) is 0 Å². The molecule has 0 radical (unpaired) electrons. The molecule has 1 unspecified atom stereocenters. The lowest BCUT2D eigenvalue weighted by atomic mass is 10.0. The molecule has 1 aliphatic rings. The van der Waals surface area contributed by atoms with Crippen molar-refractivity contribution >= 4 is 5.91 Å². The van der Waals surface area contributed by atoms with Gasteiger partial charge in [0.2, 0.25) is 5.91 Å². The third-order valence-corrected chi connectivity index (χ3v) is 3.43.